The molecule has 3 aromatic heterocycles. The van der Waals surface area contributed by atoms with Crippen LogP contribution in [0.2, 0.25) is 0 Å². The monoisotopic (exact) mass is 439 g/mol. The van der Waals surface area contributed by atoms with E-state index in [0.29, 0.717) is 10.1 Å². The van der Waals surface area contributed by atoms with E-state index in [1.54, 1.807) is 12.1 Å². The zero-order chi connectivity index (χ0) is 22.4. The highest BCUT2D eigenvalue weighted by molar-refractivity contribution is 5.70. The van der Waals surface area contributed by atoms with Crippen molar-refractivity contribution >= 4 is 5.65 Å². The summed E-state index contributed by atoms with van der Waals surface area (Å²) in [5, 5.41) is 10.3. The topological polar surface area (TPSA) is 65.2 Å². The minimum absolute atomic E-state index is 0.156. The lowest BCUT2D eigenvalue weighted by molar-refractivity contribution is -0.146. The molecule has 0 spiro atoms. The Balaban J connectivity index is 1.85. The van der Waals surface area contributed by atoms with Gasteiger partial charge in [0.1, 0.15) is 5.75 Å². The summed E-state index contributed by atoms with van der Waals surface area (Å²) in [4.78, 5) is 3.93. The first-order valence-corrected chi connectivity index (χ1v) is 8.64. The van der Waals surface area contributed by atoms with Gasteiger partial charge in [-0.2, -0.15) is 30.9 Å². The Morgan fingerprint density at radius 2 is 1.71 bits per heavy atom. The summed E-state index contributed by atoms with van der Waals surface area (Å²) in [6, 6.07) is 7.26. The van der Waals surface area contributed by atoms with E-state index in [1.165, 1.54) is 31.5 Å². The number of fused-ring (bicyclic) bond motifs is 1. The number of pyridine rings is 1. The number of hydrogen-bond acceptors (Lipinski definition) is 5. The van der Waals surface area contributed by atoms with Crippen molar-refractivity contribution in [3.8, 4) is 22.8 Å². The molecule has 0 fully saturated rings. The molecule has 0 bridgehead atoms. The highest BCUT2D eigenvalue weighted by atomic mass is 19.4. The normalized spacial score (nSPS) is 12.4. The molecule has 31 heavy (non-hydrogen) atoms. The van der Waals surface area contributed by atoms with Gasteiger partial charge in [0.05, 0.1) is 5.56 Å². The number of hydrogen-bond donors (Lipinski definition) is 0. The predicted molar refractivity (Wildman–Crippen MR) is 95.3 cm³/mol. The number of benzene rings is 1. The molecule has 4 rings (SSSR count). The minimum Gasteiger partial charge on any atom is -0.437 e. The lowest BCUT2D eigenvalue weighted by atomic mass is 10.0. The van der Waals surface area contributed by atoms with Crippen molar-refractivity contribution in [1.82, 2.24) is 24.8 Å². The summed E-state index contributed by atoms with van der Waals surface area (Å²) in [6.45, 7) is 1.45. The fourth-order valence-electron chi connectivity index (χ4n) is 2.88. The smallest absolute Gasteiger partial charge is 0.437 e. The average Bonchev–Trinajstić information content (AvgIpc) is 3.13. The maximum Gasteiger partial charge on any atom is 0.453 e. The summed E-state index contributed by atoms with van der Waals surface area (Å²) in [5.41, 5.74) is -0.211. The molecule has 0 N–H and O–H groups in total. The van der Waals surface area contributed by atoms with Gasteiger partial charge in [0, 0.05) is 35.2 Å². The first kappa shape index (κ1) is 20.6. The zero-order valence-corrected chi connectivity index (χ0v) is 15.5. The molecular formula is C19H11F6N5O. The molecule has 4 aromatic rings. The van der Waals surface area contributed by atoms with Crippen molar-refractivity contribution in [2.75, 3.05) is 0 Å². The second-order valence-electron chi connectivity index (χ2n) is 6.47. The number of aromatic nitrogens is 5. The van der Waals surface area contributed by atoms with E-state index in [1.807, 2.05) is 0 Å². The van der Waals surface area contributed by atoms with Gasteiger partial charge in [-0.1, -0.05) is 6.07 Å². The summed E-state index contributed by atoms with van der Waals surface area (Å²) in [5.74, 6) is -2.00. The van der Waals surface area contributed by atoms with E-state index >= 15 is 0 Å². The molecule has 0 aliphatic carbocycles. The summed E-state index contributed by atoms with van der Waals surface area (Å²) in [7, 11) is 0. The van der Waals surface area contributed by atoms with Crippen LogP contribution in [0.15, 0.2) is 48.8 Å². The predicted octanol–water partition coefficient (Wildman–Crippen LogP) is 5.32. The summed E-state index contributed by atoms with van der Waals surface area (Å²) < 4.78 is 85.2. The van der Waals surface area contributed by atoms with Gasteiger partial charge in [0.15, 0.2) is 5.65 Å². The van der Waals surface area contributed by atoms with Gasteiger partial charge in [0.2, 0.25) is 5.88 Å². The largest absolute Gasteiger partial charge is 0.453 e. The third-order valence-corrected chi connectivity index (χ3v) is 4.28. The van der Waals surface area contributed by atoms with Crippen molar-refractivity contribution in [2.24, 2.45) is 0 Å². The molecule has 0 saturated carbocycles. The Kier molecular flexibility index (Phi) is 4.79. The van der Waals surface area contributed by atoms with Crippen LogP contribution in [0.4, 0.5) is 26.3 Å². The maximum absolute atomic E-state index is 13.2. The Morgan fingerprint density at radius 1 is 0.935 bits per heavy atom. The van der Waals surface area contributed by atoms with E-state index in [0.717, 1.165) is 12.1 Å². The Labute approximate surface area is 170 Å². The van der Waals surface area contributed by atoms with Crippen LogP contribution >= 0.6 is 0 Å². The molecule has 1 aromatic carbocycles. The van der Waals surface area contributed by atoms with Gasteiger partial charge in [-0.05, 0) is 31.2 Å². The van der Waals surface area contributed by atoms with Gasteiger partial charge in [0.25, 0.3) is 5.82 Å². The molecule has 0 amide bonds. The van der Waals surface area contributed by atoms with Crippen LogP contribution in [0.5, 0.6) is 11.6 Å². The highest BCUT2D eigenvalue weighted by Crippen LogP contribution is 2.39. The van der Waals surface area contributed by atoms with Crippen LogP contribution in [-0.4, -0.2) is 24.8 Å². The molecule has 0 unspecified atom stereocenters. The Bertz CT molecular complexity index is 1250. The van der Waals surface area contributed by atoms with Crippen LogP contribution in [0, 0.1) is 6.92 Å². The first-order chi connectivity index (χ1) is 14.5. The number of aryl methyl sites for hydroxylation is 1. The number of nitrogens with zero attached hydrogens (tertiary/aromatic N) is 5. The average molecular weight is 439 g/mol. The molecule has 0 radical (unpaired) electrons. The maximum atomic E-state index is 13.2. The van der Waals surface area contributed by atoms with Gasteiger partial charge in [-0.3, -0.25) is 4.98 Å². The van der Waals surface area contributed by atoms with Crippen molar-refractivity contribution in [2.45, 2.75) is 19.3 Å². The number of halogens is 6. The van der Waals surface area contributed by atoms with Gasteiger partial charge in [-0.15, -0.1) is 15.3 Å². The fraction of sp³-hybridized carbons (Fsp3) is 0.158. The van der Waals surface area contributed by atoms with Crippen molar-refractivity contribution in [1.29, 1.82) is 0 Å². The lowest BCUT2D eigenvalue weighted by Gasteiger charge is -2.15. The number of ether oxygens (including phenoxy) is 1. The van der Waals surface area contributed by atoms with Gasteiger partial charge >= 0.3 is 12.4 Å². The molecule has 12 heteroatoms. The van der Waals surface area contributed by atoms with Crippen molar-refractivity contribution < 1.29 is 31.1 Å². The quantitative estimate of drug-likeness (QED) is 0.404. The number of alkyl halides is 6. The summed E-state index contributed by atoms with van der Waals surface area (Å²) in [6.07, 6.45) is -6.60. The lowest BCUT2D eigenvalue weighted by Crippen LogP contribution is -2.13. The van der Waals surface area contributed by atoms with Crippen LogP contribution in [-0.2, 0) is 12.4 Å². The van der Waals surface area contributed by atoms with Crippen molar-refractivity contribution in [3.05, 3.63) is 65.7 Å². The third-order valence-electron chi connectivity index (χ3n) is 4.28. The van der Waals surface area contributed by atoms with Crippen LogP contribution in [0.1, 0.15) is 17.0 Å². The molecule has 0 atom stereocenters. The molecular weight excluding hydrogens is 428 g/mol. The fourth-order valence-corrected chi connectivity index (χ4v) is 2.88. The van der Waals surface area contributed by atoms with Crippen LogP contribution in [0.25, 0.3) is 16.8 Å². The van der Waals surface area contributed by atoms with E-state index in [4.69, 9.17) is 4.74 Å². The Hall–Kier alpha value is -3.70. The summed E-state index contributed by atoms with van der Waals surface area (Å²) >= 11 is 0. The molecule has 160 valence electrons. The molecule has 0 aliphatic rings. The highest BCUT2D eigenvalue weighted by Gasteiger charge is 2.38. The second-order valence-corrected chi connectivity index (χ2v) is 6.47. The zero-order valence-electron chi connectivity index (χ0n) is 15.5. The van der Waals surface area contributed by atoms with E-state index < -0.39 is 23.7 Å². The minimum atomic E-state index is -4.84. The second kappa shape index (κ2) is 7.22. The first-order valence-electron chi connectivity index (χ1n) is 8.64. The van der Waals surface area contributed by atoms with Crippen molar-refractivity contribution in [3.63, 3.8) is 0 Å². The Morgan fingerprint density at radius 3 is 2.35 bits per heavy atom. The number of rotatable bonds is 3. The molecule has 6 nitrogen and oxygen atoms in total. The van der Waals surface area contributed by atoms with Gasteiger partial charge < -0.3 is 4.74 Å². The molecule has 0 saturated heterocycles. The van der Waals surface area contributed by atoms with E-state index in [-0.39, 0.29) is 28.4 Å². The standard InChI is InChI=1S/C19H11F6N5O/c1-10-7-15(29-30-16(10)27-28-17(30)19(23,24)25)31-14-8-12(18(20,21)22)4-5-13(14)11-3-2-6-26-9-11/h2-9H,1H3. The van der Waals surface area contributed by atoms with E-state index in [9.17, 15) is 26.3 Å². The van der Waals surface area contributed by atoms with Crippen LogP contribution in [0.3, 0.4) is 0 Å². The third kappa shape index (κ3) is 4.00. The molecule has 3 heterocycles. The van der Waals surface area contributed by atoms with Crippen LogP contribution < -0.4 is 4.74 Å². The SMILES string of the molecule is Cc1cc(Oc2cc(C(F)(F)F)ccc2-c2cccnc2)nn2c(C(F)(F)F)nnc12. The van der Waals surface area contributed by atoms with Gasteiger partial charge in [-0.25, -0.2) is 0 Å². The van der Waals surface area contributed by atoms with E-state index in [2.05, 4.69) is 20.3 Å². The molecule has 0 aliphatic heterocycles.